The first-order valence-corrected chi connectivity index (χ1v) is 20.6. The Morgan fingerprint density at radius 1 is 0.390 bits per heavy atom. The van der Waals surface area contributed by atoms with Gasteiger partial charge in [-0.25, -0.2) is 15.0 Å². The number of fused-ring (bicyclic) bond motifs is 12. The predicted molar refractivity (Wildman–Crippen MR) is 246 cm³/mol. The predicted octanol–water partition coefficient (Wildman–Crippen LogP) is 14.5. The summed E-state index contributed by atoms with van der Waals surface area (Å²) in [5.74, 6) is 1.82. The van der Waals surface area contributed by atoms with Crippen molar-refractivity contribution in [3.8, 4) is 39.9 Å². The molecule has 9 aromatic carbocycles. The molecule has 274 valence electrons. The van der Waals surface area contributed by atoms with Gasteiger partial charge in [-0.15, -0.1) is 11.3 Å². The Bertz CT molecular complexity index is 3860. The van der Waals surface area contributed by atoms with Crippen molar-refractivity contribution >= 4 is 96.8 Å². The van der Waals surface area contributed by atoms with E-state index in [2.05, 4.69) is 156 Å². The van der Waals surface area contributed by atoms with Crippen LogP contribution in [0.25, 0.3) is 125 Å². The van der Waals surface area contributed by atoms with Crippen molar-refractivity contribution < 1.29 is 4.42 Å². The number of benzene rings is 9. The van der Waals surface area contributed by atoms with Crippen molar-refractivity contribution in [1.29, 1.82) is 0 Å². The fourth-order valence-corrected chi connectivity index (χ4v) is 10.2. The van der Waals surface area contributed by atoms with Gasteiger partial charge >= 0.3 is 0 Å². The van der Waals surface area contributed by atoms with Gasteiger partial charge in [-0.2, -0.15) is 0 Å². The summed E-state index contributed by atoms with van der Waals surface area (Å²) in [6.07, 6.45) is 0. The molecule has 0 bridgehead atoms. The van der Waals surface area contributed by atoms with Gasteiger partial charge in [0.1, 0.15) is 11.2 Å². The Morgan fingerprint density at radius 3 is 1.93 bits per heavy atom. The second-order valence-electron chi connectivity index (χ2n) is 15.2. The Balaban J connectivity index is 1.15. The molecule has 6 heteroatoms. The molecule has 0 saturated carbocycles. The lowest BCUT2D eigenvalue weighted by molar-refractivity contribution is 0.668. The van der Waals surface area contributed by atoms with Crippen LogP contribution in [0, 0.1) is 0 Å². The van der Waals surface area contributed by atoms with Crippen LogP contribution in [-0.2, 0) is 0 Å². The van der Waals surface area contributed by atoms with Gasteiger partial charge in [0.05, 0.1) is 16.7 Å². The molecule has 59 heavy (non-hydrogen) atoms. The number of nitrogens with zero attached hydrogens (tertiary/aromatic N) is 4. The molecule has 4 heterocycles. The van der Waals surface area contributed by atoms with E-state index in [9.17, 15) is 0 Å². The fraction of sp³-hybridized carbons (Fsp3) is 0. The Kier molecular flexibility index (Phi) is 6.82. The van der Waals surface area contributed by atoms with Gasteiger partial charge in [-0.1, -0.05) is 133 Å². The number of rotatable bonds is 4. The van der Waals surface area contributed by atoms with Crippen molar-refractivity contribution in [2.75, 3.05) is 0 Å². The number of thiophene rings is 1. The van der Waals surface area contributed by atoms with Gasteiger partial charge in [0, 0.05) is 64.5 Å². The van der Waals surface area contributed by atoms with E-state index in [0.717, 1.165) is 55.3 Å². The summed E-state index contributed by atoms with van der Waals surface area (Å²) in [6, 6.07) is 64.4. The van der Waals surface area contributed by atoms with Gasteiger partial charge in [0.25, 0.3) is 0 Å². The van der Waals surface area contributed by atoms with Crippen LogP contribution in [-0.4, -0.2) is 19.5 Å². The first-order valence-electron chi connectivity index (χ1n) is 19.8. The molecule has 13 rings (SSSR count). The largest absolute Gasteiger partial charge is 0.456 e. The second kappa shape index (κ2) is 12.4. The lowest BCUT2D eigenvalue weighted by atomic mass is 10.0. The van der Waals surface area contributed by atoms with Crippen LogP contribution in [0.3, 0.4) is 0 Å². The fourth-order valence-electron chi connectivity index (χ4n) is 9.06. The van der Waals surface area contributed by atoms with Crippen LogP contribution in [0.15, 0.2) is 186 Å². The third kappa shape index (κ3) is 4.94. The maximum Gasteiger partial charge on any atom is 0.166 e. The SMILES string of the molecule is c1ccc(-c2nc(-c3ccc4c(c3)sc3ccccc34)nc(-c3cc4c(cc3-n3c5cc6ccccc6cc5c5c6ccccc6ccc53)oc3ccccc34)n2)cc1. The third-order valence-corrected chi connectivity index (χ3v) is 12.9. The molecule has 0 spiro atoms. The van der Waals surface area contributed by atoms with E-state index in [1.165, 1.54) is 52.5 Å². The van der Waals surface area contributed by atoms with Crippen LogP contribution in [0.1, 0.15) is 0 Å². The number of para-hydroxylation sites is 1. The summed E-state index contributed by atoms with van der Waals surface area (Å²) in [5.41, 5.74) is 7.50. The quantitative estimate of drug-likeness (QED) is 0.179. The highest BCUT2D eigenvalue weighted by atomic mass is 32.1. The van der Waals surface area contributed by atoms with Crippen LogP contribution in [0.5, 0.6) is 0 Å². The van der Waals surface area contributed by atoms with Crippen LogP contribution in [0.2, 0.25) is 0 Å². The van der Waals surface area contributed by atoms with Crippen LogP contribution in [0.4, 0.5) is 0 Å². The molecule has 0 amide bonds. The van der Waals surface area contributed by atoms with E-state index in [1.807, 2.05) is 30.3 Å². The smallest absolute Gasteiger partial charge is 0.166 e. The highest BCUT2D eigenvalue weighted by Crippen LogP contribution is 2.44. The monoisotopic (exact) mass is 770 g/mol. The minimum absolute atomic E-state index is 0.587. The number of aromatic nitrogens is 4. The molecule has 0 aliphatic rings. The van der Waals surface area contributed by atoms with E-state index in [0.29, 0.717) is 17.5 Å². The van der Waals surface area contributed by atoms with Crippen molar-refractivity contribution in [2.45, 2.75) is 0 Å². The van der Waals surface area contributed by atoms with Gasteiger partial charge in [0.15, 0.2) is 17.5 Å². The number of furan rings is 1. The standard InChI is InChI=1S/C53H30N4OS/c1-2-13-32(14-3-1)51-54-52(35-22-24-39-38-19-9-11-21-48(38)59-49(39)28-35)56-53(55-51)42-29-40-37-18-8-10-20-46(37)58-47(40)30-45(42)57-43-25-23-31-12-6-7-17-36(31)50(43)41-26-33-15-4-5-16-34(33)27-44(41)57/h1-30H. The Labute approximate surface area is 341 Å². The molecule has 0 unspecified atom stereocenters. The Morgan fingerprint density at radius 2 is 1.07 bits per heavy atom. The lowest BCUT2D eigenvalue weighted by Gasteiger charge is -2.15. The van der Waals surface area contributed by atoms with Crippen molar-refractivity contribution in [2.24, 2.45) is 0 Å². The van der Waals surface area contributed by atoms with Crippen LogP contribution >= 0.6 is 11.3 Å². The minimum atomic E-state index is 0.587. The zero-order chi connectivity index (χ0) is 38.6. The summed E-state index contributed by atoms with van der Waals surface area (Å²) in [5, 5.41) is 11.7. The number of hydrogen-bond acceptors (Lipinski definition) is 5. The van der Waals surface area contributed by atoms with E-state index in [-0.39, 0.29) is 0 Å². The molecule has 4 aromatic heterocycles. The average molecular weight is 771 g/mol. The lowest BCUT2D eigenvalue weighted by Crippen LogP contribution is -2.04. The topological polar surface area (TPSA) is 56.7 Å². The summed E-state index contributed by atoms with van der Waals surface area (Å²) >= 11 is 1.79. The second-order valence-corrected chi connectivity index (χ2v) is 16.3. The van der Waals surface area contributed by atoms with Gasteiger partial charge in [0.2, 0.25) is 0 Å². The molecule has 0 atom stereocenters. The number of hydrogen-bond donors (Lipinski definition) is 0. The summed E-state index contributed by atoms with van der Waals surface area (Å²) in [4.78, 5) is 15.9. The Hall–Kier alpha value is -7.67. The molecule has 13 aromatic rings. The maximum atomic E-state index is 6.63. The van der Waals surface area contributed by atoms with E-state index >= 15 is 0 Å². The molecule has 0 N–H and O–H groups in total. The van der Waals surface area contributed by atoms with Gasteiger partial charge < -0.3 is 8.98 Å². The zero-order valence-corrected chi connectivity index (χ0v) is 32.2. The zero-order valence-electron chi connectivity index (χ0n) is 31.4. The normalized spacial score (nSPS) is 12.1. The average Bonchev–Trinajstić information content (AvgIpc) is 3.96. The molecule has 0 radical (unpaired) electrons. The molecule has 0 aliphatic heterocycles. The van der Waals surface area contributed by atoms with Gasteiger partial charge in [-0.3, -0.25) is 0 Å². The minimum Gasteiger partial charge on any atom is -0.456 e. The first kappa shape index (κ1) is 32.4. The van der Waals surface area contributed by atoms with Gasteiger partial charge in [-0.05, 0) is 64.0 Å². The molecule has 0 fully saturated rings. The third-order valence-electron chi connectivity index (χ3n) is 11.8. The summed E-state index contributed by atoms with van der Waals surface area (Å²) in [6.45, 7) is 0. The molecule has 0 aliphatic carbocycles. The van der Waals surface area contributed by atoms with Crippen LogP contribution < -0.4 is 0 Å². The first-order chi connectivity index (χ1) is 29.2. The van der Waals surface area contributed by atoms with Crippen molar-refractivity contribution in [3.63, 3.8) is 0 Å². The molecule has 5 nitrogen and oxygen atoms in total. The maximum absolute atomic E-state index is 6.63. The summed E-state index contributed by atoms with van der Waals surface area (Å²) in [7, 11) is 0. The van der Waals surface area contributed by atoms with Crippen molar-refractivity contribution in [1.82, 2.24) is 19.5 Å². The van der Waals surface area contributed by atoms with E-state index in [1.54, 1.807) is 11.3 Å². The van der Waals surface area contributed by atoms with E-state index < -0.39 is 0 Å². The van der Waals surface area contributed by atoms with E-state index in [4.69, 9.17) is 19.4 Å². The highest BCUT2D eigenvalue weighted by molar-refractivity contribution is 7.25. The highest BCUT2D eigenvalue weighted by Gasteiger charge is 2.23. The van der Waals surface area contributed by atoms with Crippen molar-refractivity contribution in [3.05, 3.63) is 182 Å². The molecular formula is C53H30N4OS. The molecular weight excluding hydrogens is 741 g/mol. The summed E-state index contributed by atoms with van der Waals surface area (Å²) < 4.78 is 11.5. The molecule has 0 saturated heterocycles.